The SMILES string of the molecule is Cc1cnc(CNC(=O)C2CC3(CNCCO3)CO2)nc1. The van der Waals surface area contributed by atoms with Crippen LogP contribution in [0.4, 0.5) is 0 Å². The van der Waals surface area contributed by atoms with Crippen LogP contribution in [0.25, 0.3) is 0 Å². The summed E-state index contributed by atoms with van der Waals surface area (Å²) in [6.07, 6.45) is 3.59. The number of nitrogens with one attached hydrogen (secondary N) is 2. The molecule has 0 saturated carbocycles. The minimum atomic E-state index is -0.463. The Balaban J connectivity index is 1.51. The number of hydrogen-bond donors (Lipinski definition) is 2. The van der Waals surface area contributed by atoms with Crippen LogP contribution in [0.5, 0.6) is 0 Å². The predicted molar refractivity (Wildman–Crippen MR) is 74.5 cm³/mol. The molecule has 7 nitrogen and oxygen atoms in total. The molecular weight excluding hydrogens is 272 g/mol. The smallest absolute Gasteiger partial charge is 0.249 e. The number of aryl methyl sites for hydroxylation is 1. The van der Waals surface area contributed by atoms with Crippen LogP contribution in [0.3, 0.4) is 0 Å². The van der Waals surface area contributed by atoms with E-state index >= 15 is 0 Å². The van der Waals surface area contributed by atoms with Crippen LogP contribution < -0.4 is 10.6 Å². The topological polar surface area (TPSA) is 85.4 Å². The van der Waals surface area contributed by atoms with E-state index in [-0.39, 0.29) is 11.5 Å². The van der Waals surface area contributed by atoms with E-state index in [9.17, 15) is 4.79 Å². The van der Waals surface area contributed by atoms with Crippen molar-refractivity contribution in [3.8, 4) is 0 Å². The summed E-state index contributed by atoms with van der Waals surface area (Å²) in [7, 11) is 0. The molecule has 2 aliphatic heterocycles. The van der Waals surface area contributed by atoms with E-state index in [1.165, 1.54) is 0 Å². The molecule has 1 aromatic rings. The first-order valence-electron chi connectivity index (χ1n) is 7.18. The average Bonchev–Trinajstić information content (AvgIpc) is 2.91. The third-order valence-corrected chi connectivity index (χ3v) is 3.79. The average molecular weight is 292 g/mol. The summed E-state index contributed by atoms with van der Waals surface area (Å²) in [5.41, 5.74) is 0.647. The maximum absolute atomic E-state index is 12.1. The minimum absolute atomic E-state index is 0.134. The normalized spacial score (nSPS) is 28.7. The molecule has 7 heteroatoms. The number of morpholine rings is 1. The van der Waals surface area contributed by atoms with Gasteiger partial charge < -0.3 is 20.1 Å². The van der Waals surface area contributed by atoms with Gasteiger partial charge in [0.05, 0.1) is 19.8 Å². The van der Waals surface area contributed by atoms with Gasteiger partial charge in [0.25, 0.3) is 0 Å². The fourth-order valence-electron chi connectivity index (χ4n) is 2.60. The summed E-state index contributed by atoms with van der Waals surface area (Å²) >= 11 is 0. The van der Waals surface area contributed by atoms with Crippen LogP contribution >= 0.6 is 0 Å². The molecule has 3 heterocycles. The van der Waals surface area contributed by atoms with Crippen molar-refractivity contribution in [2.75, 3.05) is 26.3 Å². The molecule has 2 saturated heterocycles. The van der Waals surface area contributed by atoms with Gasteiger partial charge in [0, 0.05) is 31.9 Å². The van der Waals surface area contributed by atoms with Crippen molar-refractivity contribution in [3.05, 3.63) is 23.8 Å². The first-order valence-corrected chi connectivity index (χ1v) is 7.18. The highest BCUT2D eigenvalue weighted by atomic mass is 16.6. The minimum Gasteiger partial charge on any atom is -0.370 e. The molecule has 0 radical (unpaired) electrons. The first-order chi connectivity index (χ1) is 10.2. The Bertz CT molecular complexity index is 499. The highest BCUT2D eigenvalue weighted by Gasteiger charge is 2.44. The van der Waals surface area contributed by atoms with Gasteiger partial charge in [-0.2, -0.15) is 0 Å². The van der Waals surface area contributed by atoms with Crippen molar-refractivity contribution >= 4 is 5.91 Å². The number of carbonyl (C=O) groups excluding carboxylic acids is 1. The first kappa shape index (κ1) is 14.4. The molecule has 0 aromatic carbocycles. The summed E-state index contributed by atoms with van der Waals surface area (Å²) in [6, 6.07) is 0. The number of ether oxygens (including phenoxy) is 2. The van der Waals surface area contributed by atoms with Crippen LogP contribution in [0.15, 0.2) is 12.4 Å². The van der Waals surface area contributed by atoms with E-state index in [2.05, 4.69) is 20.6 Å². The summed E-state index contributed by atoms with van der Waals surface area (Å²) in [5.74, 6) is 0.461. The number of nitrogens with zero attached hydrogens (tertiary/aromatic N) is 2. The van der Waals surface area contributed by atoms with Gasteiger partial charge in [-0.1, -0.05) is 0 Å². The fraction of sp³-hybridized carbons (Fsp3) is 0.643. The molecule has 0 aliphatic carbocycles. The number of aromatic nitrogens is 2. The van der Waals surface area contributed by atoms with Crippen molar-refractivity contribution in [2.45, 2.75) is 31.6 Å². The third kappa shape index (κ3) is 3.37. The monoisotopic (exact) mass is 292 g/mol. The summed E-state index contributed by atoms with van der Waals surface area (Å²) in [6.45, 7) is 4.94. The number of amides is 1. The van der Waals surface area contributed by atoms with E-state index in [0.717, 1.165) is 18.7 Å². The van der Waals surface area contributed by atoms with Gasteiger partial charge in [-0.15, -0.1) is 0 Å². The van der Waals surface area contributed by atoms with Crippen LogP contribution in [-0.2, 0) is 20.8 Å². The molecule has 1 amide bonds. The molecule has 2 unspecified atom stereocenters. The molecule has 2 fully saturated rings. The van der Waals surface area contributed by atoms with Crippen molar-refractivity contribution in [1.29, 1.82) is 0 Å². The molecular formula is C14H20N4O3. The molecule has 2 aliphatic rings. The summed E-state index contributed by atoms with van der Waals surface area (Å²) in [4.78, 5) is 20.5. The molecule has 114 valence electrons. The molecule has 1 aromatic heterocycles. The maximum Gasteiger partial charge on any atom is 0.249 e. The Labute approximate surface area is 123 Å². The van der Waals surface area contributed by atoms with E-state index in [0.29, 0.717) is 32.0 Å². The zero-order valence-corrected chi connectivity index (χ0v) is 12.1. The lowest BCUT2D eigenvalue weighted by atomic mass is 9.98. The lowest BCUT2D eigenvalue weighted by molar-refractivity contribution is -0.130. The largest absolute Gasteiger partial charge is 0.370 e. The van der Waals surface area contributed by atoms with Crippen LogP contribution in [0, 0.1) is 6.92 Å². The van der Waals surface area contributed by atoms with Gasteiger partial charge in [-0.25, -0.2) is 9.97 Å². The number of carbonyl (C=O) groups is 1. The van der Waals surface area contributed by atoms with Gasteiger partial charge in [0.1, 0.15) is 17.5 Å². The zero-order chi connectivity index (χ0) is 14.7. The lowest BCUT2D eigenvalue weighted by Crippen LogP contribution is -2.50. The second kappa shape index (κ2) is 6.05. The molecule has 2 atom stereocenters. The summed E-state index contributed by atoms with van der Waals surface area (Å²) < 4.78 is 11.4. The number of rotatable bonds is 3. The van der Waals surface area contributed by atoms with Crippen LogP contribution in [0.1, 0.15) is 17.8 Å². The number of hydrogen-bond acceptors (Lipinski definition) is 6. The molecule has 0 bridgehead atoms. The van der Waals surface area contributed by atoms with E-state index in [1.54, 1.807) is 12.4 Å². The Morgan fingerprint density at radius 2 is 2.33 bits per heavy atom. The Morgan fingerprint density at radius 1 is 1.52 bits per heavy atom. The fourth-order valence-corrected chi connectivity index (χ4v) is 2.60. The third-order valence-electron chi connectivity index (χ3n) is 3.79. The van der Waals surface area contributed by atoms with E-state index < -0.39 is 6.10 Å². The van der Waals surface area contributed by atoms with Crippen molar-refractivity contribution in [2.24, 2.45) is 0 Å². The Kier molecular flexibility index (Phi) is 4.14. The Morgan fingerprint density at radius 3 is 3.05 bits per heavy atom. The second-order valence-electron chi connectivity index (χ2n) is 5.61. The van der Waals surface area contributed by atoms with E-state index in [4.69, 9.17) is 9.47 Å². The quantitative estimate of drug-likeness (QED) is 0.785. The van der Waals surface area contributed by atoms with Crippen LogP contribution in [0.2, 0.25) is 0 Å². The maximum atomic E-state index is 12.1. The standard InChI is InChI=1S/C14H20N4O3/c1-10-5-16-12(17-6-10)7-18-13(19)11-4-14(9-20-11)8-15-2-3-21-14/h5-6,11,15H,2-4,7-9H2,1H3,(H,18,19). The van der Waals surface area contributed by atoms with Gasteiger partial charge >= 0.3 is 0 Å². The molecule has 3 rings (SSSR count). The molecule has 21 heavy (non-hydrogen) atoms. The van der Waals surface area contributed by atoms with Crippen LogP contribution in [-0.4, -0.2) is 53.9 Å². The van der Waals surface area contributed by atoms with Gasteiger partial charge in [-0.3, -0.25) is 4.79 Å². The van der Waals surface area contributed by atoms with Gasteiger partial charge in [-0.05, 0) is 12.5 Å². The lowest BCUT2D eigenvalue weighted by Gasteiger charge is -2.32. The zero-order valence-electron chi connectivity index (χ0n) is 12.1. The van der Waals surface area contributed by atoms with Gasteiger partial charge in [0.2, 0.25) is 5.91 Å². The van der Waals surface area contributed by atoms with Crippen molar-refractivity contribution in [1.82, 2.24) is 20.6 Å². The highest BCUT2D eigenvalue weighted by molar-refractivity contribution is 5.81. The molecule has 2 N–H and O–H groups in total. The van der Waals surface area contributed by atoms with Crippen molar-refractivity contribution in [3.63, 3.8) is 0 Å². The summed E-state index contributed by atoms with van der Waals surface area (Å²) in [5, 5.41) is 6.10. The van der Waals surface area contributed by atoms with Gasteiger partial charge in [0.15, 0.2) is 0 Å². The Hall–Kier alpha value is -1.57. The predicted octanol–water partition coefficient (Wildman–Crippen LogP) is -0.451. The highest BCUT2D eigenvalue weighted by Crippen LogP contribution is 2.29. The van der Waals surface area contributed by atoms with E-state index in [1.807, 2.05) is 6.92 Å². The van der Waals surface area contributed by atoms with Crippen molar-refractivity contribution < 1.29 is 14.3 Å². The second-order valence-corrected chi connectivity index (χ2v) is 5.61. The molecule has 1 spiro atoms.